The number of amides is 10. The van der Waals surface area contributed by atoms with Crippen molar-refractivity contribution in [3.8, 4) is 0 Å². The van der Waals surface area contributed by atoms with Gasteiger partial charge in [-0.1, -0.05) is 38.0 Å². The number of nitrogens with one attached hydrogen (secondary N) is 5. The highest BCUT2D eigenvalue weighted by molar-refractivity contribution is 6.13. The molecule has 20 nitrogen and oxygen atoms in total. The average Bonchev–Trinajstić information content (AvgIpc) is 3.95. The first-order valence-electron chi connectivity index (χ1n) is 22.5. The summed E-state index contributed by atoms with van der Waals surface area (Å²) in [4.78, 5) is 115. The summed E-state index contributed by atoms with van der Waals surface area (Å²) in [6.07, 6.45) is 8.45. The van der Waals surface area contributed by atoms with E-state index < -0.39 is 59.0 Å². The summed E-state index contributed by atoms with van der Waals surface area (Å²) >= 11 is 0. The number of allylic oxidation sites excluding steroid dienone is 4. The Bertz CT molecular complexity index is 2310. The number of aliphatic hydroxyl groups is 1. The van der Waals surface area contributed by atoms with Crippen LogP contribution >= 0.6 is 0 Å². The molecule has 1 fully saturated rings. The smallest absolute Gasteiger partial charge is 0.415 e. The van der Waals surface area contributed by atoms with E-state index in [0.717, 1.165) is 40.0 Å². The van der Waals surface area contributed by atoms with Gasteiger partial charge in [0.15, 0.2) is 5.78 Å². The van der Waals surface area contributed by atoms with Crippen molar-refractivity contribution in [1.29, 1.82) is 0 Å². The minimum Gasteiger partial charge on any atom is -0.465 e. The van der Waals surface area contributed by atoms with Gasteiger partial charge in [-0.15, -0.1) is 0 Å². The number of hydrazone groups is 1. The number of nitrogens with zero attached hydrogens (tertiary/aromatic N) is 3. The zero-order valence-corrected chi connectivity index (χ0v) is 38.5. The van der Waals surface area contributed by atoms with Crippen LogP contribution in [-0.2, 0) is 35.3 Å². The number of carbonyl (C=O) groups excluding carboxylic acids is 8. The number of Topliss-reactive ketones (excluding diaryl/α,β-unsaturated/α-hetero) is 1. The Morgan fingerprint density at radius 3 is 2.22 bits per heavy atom. The number of nitrogens with two attached hydrogens (primary N) is 1. The molecular formula is C47H61N9O11. The molecule has 3 atom stereocenters. The van der Waals surface area contributed by atoms with Gasteiger partial charge >= 0.3 is 18.2 Å². The van der Waals surface area contributed by atoms with Crippen molar-refractivity contribution in [3.05, 3.63) is 75.9 Å². The molecule has 360 valence electrons. The number of hydrogen-bond acceptors (Lipinski definition) is 11. The highest BCUT2D eigenvalue weighted by atomic mass is 16.4. The van der Waals surface area contributed by atoms with Gasteiger partial charge in [0.25, 0.3) is 11.8 Å². The Morgan fingerprint density at radius 2 is 1.61 bits per heavy atom. The van der Waals surface area contributed by atoms with Crippen molar-refractivity contribution in [1.82, 2.24) is 31.2 Å². The van der Waals surface area contributed by atoms with Crippen molar-refractivity contribution in [3.63, 3.8) is 0 Å². The molecule has 0 bridgehead atoms. The summed E-state index contributed by atoms with van der Waals surface area (Å²) in [5.41, 5.74) is 10.4. The van der Waals surface area contributed by atoms with E-state index in [1.165, 1.54) is 42.6 Å². The zero-order valence-electron chi connectivity index (χ0n) is 38.5. The summed E-state index contributed by atoms with van der Waals surface area (Å²) in [5, 5.41) is 35.5. The Labute approximate surface area is 388 Å². The number of benzene rings is 1. The lowest BCUT2D eigenvalue weighted by Gasteiger charge is -2.39. The fourth-order valence-electron chi connectivity index (χ4n) is 8.71. The first-order chi connectivity index (χ1) is 31.7. The fourth-order valence-corrected chi connectivity index (χ4v) is 8.71. The van der Waals surface area contributed by atoms with Gasteiger partial charge in [-0.3, -0.25) is 33.7 Å². The molecule has 1 aromatic carbocycles. The van der Waals surface area contributed by atoms with Crippen LogP contribution in [0.1, 0.15) is 104 Å². The molecule has 0 saturated heterocycles. The third kappa shape index (κ3) is 12.3. The molecule has 9 N–H and O–H groups in total. The molecule has 67 heavy (non-hydrogen) atoms. The fraction of sp³-hybridized carbons (Fsp3) is 0.489. The summed E-state index contributed by atoms with van der Waals surface area (Å²) in [7, 11) is 0. The maximum Gasteiger partial charge on any atom is 0.415 e. The van der Waals surface area contributed by atoms with Crippen LogP contribution in [0.3, 0.4) is 0 Å². The molecule has 0 aromatic heterocycles. The predicted molar refractivity (Wildman–Crippen MR) is 246 cm³/mol. The summed E-state index contributed by atoms with van der Waals surface area (Å²) in [5.74, 6) is -3.00. The number of fused-ring (bicyclic) bond motifs is 1. The van der Waals surface area contributed by atoms with Crippen molar-refractivity contribution >= 4 is 65.4 Å². The Morgan fingerprint density at radius 1 is 0.940 bits per heavy atom. The lowest BCUT2D eigenvalue weighted by Crippen LogP contribution is -2.54. The second kappa shape index (κ2) is 22.0. The molecule has 20 heteroatoms. The topological polar surface area (TPSA) is 299 Å². The van der Waals surface area contributed by atoms with Crippen LogP contribution in [-0.4, -0.2) is 110 Å². The molecule has 1 heterocycles. The second-order valence-electron chi connectivity index (χ2n) is 17.8. The highest BCUT2D eigenvalue weighted by Gasteiger charge is 2.65. The lowest BCUT2D eigenvalue weighted by atomic mass is 9.67. The number of urea groups is 2. The second-order valence-corrected chi connectivity index (χ2v) is 17.8. The van der Waals surface area contributed by atoms with Crippen molar-refractivity contribution in [2.75, 3.05) is 18.4 Å². The summed E-state index contributed by atoms with van der Waals surface area (Å²) < 4.78 is 0. The summed E-state index contributed by atoms with van der Waals surface area (Å²) in [6.45, 7) is 8.94. The largest absolute Gasteiger partial charge is 0.465 e. The predicted octanol–water partition coefficient (Wildman–Crippen LogP) is 3.83. The van der Waals surface area contributed by atoms with Crippen LogP contribution in [0, 0.1) is 11.3 Å². The number of hydrogen-bond donors (Lipinski definition) is 8. The molecule has 1 aliphatic heterocycles. The first-order valence-corrected chi connectivity index (χ1v) is 22.5. The molecule has 1 spiro atoms. The van der Waals surface area contributed by atoms with E-state index in [9.17, 15) is 53.4 Å². The van der Waals surface area contributed by atoms with Crippen molar-refractivity contribution in [2.24, 2.45) is 22.2 Å². The van der Waals surface area contributed by atoms with E-state index in [1.54, 1.807) is 20.8 Å². The molecular weight excluding hydrogens is 867 g/mol. The number of ketones is 1. The standard InChI is InChI=1S/C47H61N9O11/c1-27(2)39(53-35(57)13-7-6-8-24-55-36(58)18-19-37(55)59)42(62)52-34(12-10-22-49-43(48)63)41(61)51-31-16-14-30(15-17-31)26-56(45(65)66)44(64)54-50-23-9-11-32-28(3)25-33-38(32)29(4)47(20-21-47)46(5,67)40(33)60/h14-19,23,25,27,34,39,67H,6-13,20-22,24,26H2,1-5H3,(H,51,61)(H,52,62)(H,53,57)(H,54,64)(H,65,66)(H3,48,49,63)/t34-,39-,46+/m0/s1. The van der Waals surface area contributed by atoms with Gasteiger partial charge in [0.2, 0.25) is 17.7 Å². The molecule has 1 aromatic rings. The van der Waals surface area contributed by atoms with Crippen LogP contribution in [0.25, 0.3) is 0 Å². The van der Waals surface area contributed by atoms with Gasteiger partial charge in [0, 0.05) is 54.6 Å². The molecule has 5 rings (SSSR count). The van der Waals surface area contributed by atoms with Crippen LogP contribution in [0.5, 0.6) is 0 Å². The number of unbranched alkanes of at least 4 members (excludes halogenated alkanes) is 2. The van der Waals surface area contributed by atoms with Crippen molar-refractivity contribution in [2.45, 2.75) is 123 Å². The highest BCUT2D eigenvalue weighted by Crippen LogP contribution is 2.65. The van der Waals surface area contributed by atoms with Crippen LogP contribution in [0.2, 0.25) is 0 Å². The Balaban J connectivity index is 1.12. The molecule has 4 aliphatic rings. The van der Waals surface area contributed by atoms with Gasteiger partial charge < -0.3 is 37.2 Å². The normalized spacial score (nSPS) is 19.1. The van der Waals surface area contributed by atoms with E-state index in [0.29, 0.717) is 53.8 Å². The number of imide groups is 2. The lowest BCUT2D eigenvalue weighted by molar-refractivity contribution is -0.138. The number of carbonyl (C=O) groups is 9. The van der Waals surface area contributed by atoms with Crippen LogP contribution in [0.15, 0.2) is 75.5 Å². The zero-order chi connectivity index (χ0) is 49.2. The quantitative estimate of drug-likeness (QED) is 0.0358. The van der Waals surface area contributed by atoms with E-state index >= 15 is 0 Å². The number of anilines is 1. The van der Waals surface area contributed by atoms with Crippen molar-refractivity contribution < 1.29 is 53.4 Å². The number of carboxylic acid groups (broad SMARTS) is 1. The molecule has 1 saturated carbocycles. The Kier molecular flexibility index (Phi) is 16.8. The van der Waals surface area contributed by atoms with Crippen LogP contribution < -0.4 is 32.4 Å². The first kappa shape index (κ1) is 51.0. The van der Waals surface area contributed by atoms with E-state index in [2.05, 4.69) is 31.8 Å². The molecule has 3 aliphatic carbocycles. The van der Waals surface area contributed by atoms with Crippen LogP contribution in [0.4, 0.5) is 20.1 Å². The molecule has 0 radical (unpaired) electrons. The number of rotatable bonds is 22. The number of primary amides is 1. The van der Waals surface area contributed by atoms with Gasteiger partial charge in [0.1, 0.15) is 17.7 Å². The third-order valence-electron chi connectivity index (χ3n) is 12.7. The third-order valence-corrected chi connectivity index (χ3v) is 12.7. The summed E-state index contributed by atoms with van der Waals surface area (Å²) in [6, 6.07) is 2.14. The van der Waals surface area contributed by atoms with E-state index in [4.69, 9.17) is 5.73 Å². The molecule has 0 unspecified atom stereocenters. The molecule has 10 amide bonds. The monoisotopic (exact) mass is 927 g/mol. The average molecular weight is 928 g/mol. The van der Waals surface area contributed by atoms with E-state index in [-0.39, 0.29) is 62.4 Å². The SMILES string of the molecule is CC1=C(CCC=NNC(=O)N(Cc2ccc(NC(=O)[C@H](CCCNC(N)=O)NC(=O)[C@@H](NC(=O)CCCCCN3C(=O)C=CC3=O)C(C)C)cc2)C(=O)O)C2=C(C)C3(CC3)[C@](C)(O)C(=O)C2=C1. The minimum atomic E-state index is -1.53. The minimum absolute atomic E-state index is 0.0800. The maximum absolute atomic E-state index is 13.6. The van der Waals surface area contributed by atoms with Gasteiger partial charge in [-0.2, -0.15) is 5.10 Å². The van der Waals surface area contributed by atoms with E-state index in [1.807, 2.05) is 19.9 Å². The maximum atomic E-state index is 13.6. The van der Waals surface area contributed by atoms with Gasteiger partial charge in [-0.05, 0) is 119 Å². The van der Waals surface area contributed by atoms with Gasteiger partial charge in [0.05, 0.1) is 6.54 Å². The van der Waals surface area contributed by atoms with Gasteiger partial charge in [-0.25, -0.2) is 24.7 Å². The Hall–Kier alpha value is -6.96.